The Bertz CT molecular complexity index is 826. The minimum Gasteiger partial charge on any atom is -0.342 e. The van der Waals surface area contributed by atoms with Crippen LogP contribution in [0.2, 0.25) is 0 Å². The van der Waals surface area contributed by atoms with Crippen molar-refractivity contribution in [2.45, 2.75) is 30.6 Å². The second-order valence-electron chi connectivity index (χ2n) is 5.94. The SMILES string of the molecule is CN(CC(=O)N1CCCCCC1)S(=O)(=O)c1cccc2nsnc12. The molecule has 0 atom stereocenters. The number of likely N-dealkylation sites (N-methyl/N-ethyl adjacent to an activating group) is 1. The molecular weight excluding hydrogens is 348 g/mol. The van der Waals surface area contributed by atoms with Crippen LogP contribution >= 0.6 is 11.7 Å². The predicted octanol–water partition coefficient (Wildman–Crippen LogP) is 1.71. The quantitative estimate of drug-likeness (QED) is 0.820. The van der Waals surface area contributed by atoms with Crippen LogP contribution in [0, 0.1) is 0 Å². The first-order valence-electron chi connectivity index (χ1n) is 7.95. The monoisotopic (exact) mass is 368 g/mol. The minimum absolute atomic E-state index is 0.0971. The summed E-state index contributed by atoms with van der Waals surface area (Å²) in [4.78, 5) is 14.3. The summed E-state index contributed by atoms with van der Waals surface area (Å²) in [6, 6.07) is 4.87. The maximum Gasteiger partial charge on any atom is 0.245 e. The number of likely N-dealkylation sites (tertiary alicyclic amines) is 1. The average Bonchev–Trinajstić information content (AvgIpc) is 2.87. The van der Waals surface area contributed by atoms with Crippen LogP contribution in [0.5, 0.6) is 0 Å². The molecule has 0 unspecified atom stereocenters. The lowest BCUT2D eigenvalue weighted by molar-refractivity contribution is -0.131. The maximum atomic E-state index is 12.8. The molecule has 3 rings (SSSR count). The summed E-state index contributed by atoms with van der Waals surface area (Å²) in [6.07, 6.45) is 4.20. The maximum absolute atomic E-state index is 12.8. The topological polar surface area (TPSA) is 83.5 Å². The van der Waals surface area contributed by atoms with Gasteiger partial charge in [0.05, 0.1) is 18.3 Å². The van der Waals surface area contributed by atoms with E-state index in [9.17, 15) is 13.2 Å². The Morgan fingerprint density at radius 3 is 2.62 bits per heavy atom. The Hall–Kier alpha value is -1.58. The molecule has 0 radical (unpaired) electrons. The molecule has 1 saturated heterocycles. The number of benzene rings is 1. The number of carbonyl (C=O) groups excluding carboxylic acids is 1. The number of aromatic nitrogens is 2. The van der Waals surface area contributed by atoms with E-state index in [1.54, 1.807) is 17.0 Å². The summed E-state index contributed by atoms with van der Waals surface area (Å²) in [5.41, 5.74) is 0.907. The van der Waals surface area contributed by atoms with Gasteiger partial charge in [-0.3, -0.25) is 4.79 Å². The second kappa shape index (κ2) is 7.12. The number of fused-ring (bicyclic) bond motifs is 1. The molecule has 7 nitrogen and oxygen atoms in total. The molecule has 0 saturated carbocycles. The van der Waals surface area contributed by atoms with Gasteiger partial charge in [0.25, 0.3) is 0 Å². The van der Waals surface area contributed by atoms with Crippen LogP contribution in [0.3, 0.4) is 0 Å². The molecule has 24 heavy (non-hydrogen) atoms. The molecule has 0 bridgehead atoms. The van der Waals surface area contributed by atoms with E-state index < -0.39 is 10.0 Å². The van der Waals surface area contributed by atoms with E-state index in [2.05, 4.69) is 8.75 Å². The van der Waals surface area contributed by atoms with Gasteiger partial charge in [-0.05, 0) is 25.0 Å². The smallest absolute Gasteiger partial charge is 0.245 e. The molecule has 1 amide bonds. The third-order valence-corrected chi connectivity index (χ3v) is 6.63. The third kappa shape index (κ3) is 3.42. The normalized spacial score (nSPS) is 16.5. The summed E-state index contributed by atoms with van der Waals surface area (Å²) >= 11 is 0.976. The molecular formula is C15H20N4O3S2. The Morgan fingerprint density at radius 1 is 1.21 bits per heavy atom. The average molecular weight is 368 g/mol. The zero-order valence-electron chi connectivity index (χ0n) is 13.5. The van der Waals surface area contributed by atoms with Crippen LogP contribution in [0.25, 0.3) is 11.0 Å². The van der Waals surface area contributed by atoms with Crippen molar-refractivity contribution in [1.82, 2.24) is 18.0 Å². The number of nitrogens with zero attached hydrogens (tertiary/aromatic N) is 4. The molecule has 2 aromatic rings. The molecule has 1 aliphatic heterocycles. The van der Waals surface area contributed by atoms with E-state index in [1.807, 2.05) is 0 Å². The second-order valence-corrected chi connectivity index (χ2v) is 8.49. The van der Waals surface area contributed by atoms with Crippen LogP contribution < -0.4 is 0 Å². The Balaban J connectivity index is 1.79. The first kappa shape index (κ1) is 17.2. The summed E-state index contributed by atoms with van der Waals surface area (Å²) < 4.78 is 34.9. The highest BCUT2D eigenvalue weighted by atomic mass is 32.2. The van der Waals surface area contributed by atoms with Gasteiger partial charge in [-0.1, -0.05) is 18.9 Å². The first-order chi connectivity index (χ1) is 11.5. The molecule has 0 spiro atoms. The van der Waals surface area contributed by atoms with Gasteiger partial charge in [-0.2, -0.15) is 13.1 Å². The highest BCUT2D eigenvalue weighted by molar-refractivity contribution is 7.89. The summed E-state index contributed by atoms with van der Waals surface area (Å²) in [5.74, 6) is -0.147. The Labute approximate surface area is 145 Å². The predicted molar refractivity (Wildman–Crippen MR) is 92.3 cm³/mol. The zero-order chi connectivity index (χ0) is 17.2. The summed E-state index contributed by atoms with van der Waals surface area (Å²) in [7, 11) is -2.35. The van der Waals surface area contributed by atoms with Crippen molar-refractivity contribution in [1.29, 1.82) is 0 Å². The Morgan fingerprint density at radius 2 is 1.92 bits per heavy atom. The van der Waals surface area contributed by atoms with Crippen molar-refractivity contribution in [3.05, 3.63) is 18.2 Å². The lowest BCUT2D eigenvalue weighted by Gasteiger charge is -2.24. The van der Waals surface area contributed by atoms with Crippen LogP contribution in [0.4, 0.5) is 0 Å². The van der Waals surface area contributed by atoms with E-state index in [-0.39, 0.29) is 17.3 Å². The van der Waals surface area contributed by atoms with Gasteiger partial charge in [0.15, 0.2) is 0 Å². The largest absolute Gasteiger partial charge is 0.342 e. The lowest BCUT2D eigenvalue weighted by atomic mass is 10.2. The molecule has 9 heteroatoms. The number of hydrogen-bond donors (Lipinski definition) is 0. The van der Waals surface area contributed by atoms with E-state index in [0.717, 1.165) is 41.7 Å². The molecule has 0 aliphatic carbocycles. The van der Waals surface area contributed by atoms with Crippen LogP contribution in [0.15, 0.2) is 23.1 Å². The highest BCUT2D eigenvalue weighted by Crippen LogP contribution is 2.23. The summed E-state index contributed by atoms with van der Waals surface area (Å²) in [6.45, 7) is 1.26. The van der Waals surface area contributed by atoms with Gasteiger partial charge in [-0.25, -0.2) is 8.42 Å². The van der Waals surface area contributed by atoms with Gasteiger partial charge in [0.1, 0.15) is 15.9 Å². The van der Waals surface area contributed by atoms with E-state index in [1.165, 1.54) is 13.1 Å². The lowest BCUT2D eigenvalue weighted by Crippen LogP contribution is -2.41. The van der Waals surface area contributed by atoms with Gasteiger partial charge in [0.2, 0.25) is 15.9 Å². The number of hydrogen-bond acceptors (Lipinski definition) is 6. The van der Waals surface area contributed by atoms with Crippen molar-refractivity contribution in [2.75, 3.05) is 26.7 Å². The van der Waals surface area contributed by atoms with Gasteiger partial charge < -0.3 is 4.90 Å². The van der Waals surface area contributed by atoms with E-state index in [0.29, 0.717) is 24.1 Å². The molecule has 130 valence electrons. The van der Waals surface area contributed by atoms with Crippen LogP contribution in [0.1, 0.15) is 25.7 Å². The summed E-state index contributed by atoms with van der Waals surface area (Å²) in [5, 5.41) is 0. The van der Waals surface area contributed by atoms with Gasteiger partial charge >= 0.3 is 0 Å². The standard InChI is InChI=1S/C15H20N4O3S2/c1-18(11-14(20)19-9-4-2-3-5-10-19)24(21,22)13-8-6-7-12-15(13)17-23-16-12/h6-8H,2-5,9-11H2,1H3. The van der Waals surface area contributed by atoms with Crippen LogP contribution in [-0.4, -0.2) is 59.0 Å². The zero-order valence-corrected chi connectivity index (χ0v) is 15.1. The number of amides is 1. The number of rotatable bonds is 4. The van der Waals surface area contributed by atoms with Crippen molar-refractivity contribution >= 4 is 38.7 Å². The third-order valence-electron chi connectivity index (χ3n) is 4.25. The molecule has 1 aliphatic rings. The molecule has 1 aromatic carbocycles. The van der Waals surface area contributed by atoms with Crippen molar-refractivity contribution in [2.24, 2.45) is 0 Å². The fourth-order valence-electron chi connectivity index (χ4n) is 2.85. The van der Waals surface area contributed by atoms with Crippen LogP contribution in [-0.2, 0) is 14.8 Å². The molecule has 2 heterocycles. The van der Waals surface area contributed by atoms with Crippen molar-refractivity contribution < 1.29 is 13.2 Å². The Kier molecular flexibility index (Phi) is 5.12. The molecule has 1 aromatic heterocycles. The van der Waals surface area contributed by atoms with E-state index >= 15 is 0 Å². The van der Waals surface area contributed by atoms with Gasteiger partial charge in [-0.15, -0.1) is 0 Å². The number of carbonyl (C=O) groups is 1. The molecule has 0 N–H and O–H groups in total. The minimum atomic E-state index is -3.79. The molecule has 1 fully saturated rings. The fourth-order valence-corrected chi connectivity index (χ4v) is 4.72. The van der Waals surface area contributed by atoms with Gasteiger partial charge in [0, 0.05) is 20.1 Å². The van der Waals surface area contributed by atoms with Crippen molar-refractivity contribution in [3.63, 3.8) is 0 Å². The first-order valence-corrected chi connectivity index (χ1v) is 10.1. The highest BCUT2D eigenvalue weighted by Gasteiger charge is 2.28. The van der Waals surface area contributed by atoms with Crippen molar-refractivity contribution in [3.8, 4) is 0 Å². The fraction of sp³-hybridized carbons (Fsp3) is 0.533. The number of sulfonamides is 1. The van der Waals surface area contributed by atoms with E-state index in [4.69, 9.17) is 0 Å².